The number of carbonyl (C=O) groups is 2. The summed E-state index contributed by atoms with van der Waals surface area (Å²) in [5.74, 6) is -0.965. The topological polar surface area (TPSA) is 54.4 Å². The molecule has 0 saturated heterocycles. The Morgan fingerprint density at radius 1 is 1.14 bits per heavy atom. The van der Waals surface area contributed by atoms with Crippen LogP contribution in [-0.2, 0) is 9.59 Å². The Kier molecular flexibility index (Phi) is 5.89. The van der Waals surface area contributed by atoms with Crippen molar-refractivity contribution in [2.45, 2.75) is 53.9 Å². The second-order valence-electron chi connectivity index (χ2n) is 8.91. The number of ketones is 1. The molecule has 3 heteroatoms. The number of hydrogen-bond donors (Lipinski definition) is 1. The number of aliphatic carboxylic acids is 1. The fraction of sp³-hybridized carbons (Fsp3) is 0.538. The molecule has 156 valence electrons. The number of hydrogen-bond acceptors (Lipinski definition) is 2. The summed E-state index contributed by atoms with van der Waals surface area (Å²) < 4.78 is 0. The maximum atomic E-state index is 13.1. The van der Waals surface area contributed by atoms with Gasteiger partial charge in [0.15, 0.2) is 0 Å². The highest BCUT2D eigenvalue weighted by Crippen LogP contribution is 2.65. The largest absolute Gasteiger partial charge is 0.481 e. The van der Waals surface area contributed by atoms with Crippen LogP contribution in [0.5, 0.6) is 0 Å². The summed E-state index contributed by atoms with van der Waals surface area (Å²) >= 11 is 0. The quantitative estimate of drug-likeness (QED) is 0.601. The van der Waals surface area contributed by atoms with Crippen LogP contribution in [0.4, 0.5) is 0 Å². The highest BCUT2D eigenvalue weighted by molar-refractivity contribution is 5.90. The Balaban J connectivity index is 2.27. The molecule has 3 rings (SSSR count). The molecule has 0 bridgehead atoms. The van der Waals surface area contributed by atoms with E-state index in [2.05, 4.69) is 32.1 Å². The Hall–Kier alpha value is -2.16. The monoisotopic (exact) mass is 394 g/mol. The third-order valence-electron chi connectivity index (χ3n) is 7.92. The van der Waals surface area contributed by atoms with Crippen LogP contribution in [0.1, 0.15) is 59.4 Å². The molecule has 0 heterocycles. The molecule has 0 amide bonds. The molecule has 6 unspecified atom stereocenters. The first-order chi connectivity index (χ1) is 13.8. The van der Waals surface area contributed by atoms with Crippen molar-refractivity contribution in [1.82, 2.24) is 0 Å². The minimum absolute atomic E-state index is 0.0216. The summed E-state index contributed by atoms with van der Waals surface area (Å²) in [7, 11) is 0. The SMILES string of the molecule is CCC1C(=O)C(C)C2C(C)=CC(C=Cc3ccccc3)(CC)C(CC)(C(=O)O)C12. The van der Waals surface area contributed by atoms with E-state index in [1.807, 2.05) is 51.1 Å². The molecule has 0 spiro atoms. The number of carboxylic acids is 1. The standard InChI is InChI=1S/C26H34O3/c1-6-20-22-21(18(5)23(20)27)17(4)16-25(7-2,26(22,8-3)24(28)29)15-14-19-12-10-9-11-13-19/h9-16,18,20-22H,6-8H2,1-5H3,(H,28,29). The molecular formula is C26H34O3. The smallest absolute Gasteiger partial charge is 0.311 e. The van der Waals surface area contributed by atoms with Gasteiger partial charge in [0.25, 0.3) is 0 Å². The zero-order valence-corrected chi connectivity index (χ0v) is 18.3. The lowest BCUT2D eigenvalue weighted by Crippen LogP contribution is -2.56. The van der Waals surface area contributed by atoms with Crippen LogP contribution in [0.15, 0.2) is 48.1 Å². The van der Waals surface area contributed by atoms with E-state index in [1.165, 1.54) is 5.57 Å². The summed E-state index contributed by atoms with van der Waals surface area (Å²) in [6.45, 7) is 10.2. The van der Waals surface area contributed by atoms with Crippen molar-refractivity contribution in [1.29, 1.82) is 0 Å². The minimum atomic E-state index is -0.988. The molecule has 0 radical (unpaired) electrons. The summed E-state index contributed by atoms with van der Waals surface area (Å²) in [4.78, 5) is 26.2. The summed E-state index contributed by atoms with van der Waals surface area (Å²) in [5, 5.41) is 10.7. The molecular weight excluding hydrogens is 360 g/mol. The molecule has 2 aliphatic carbocycles. The molecule has 0 aromatic heterocycles. The second-order valence-corrected chi connectivity index (χ2v) is 8.91. The molecule has 3 nitrogen and oxygen atoms in total. The van der Waals surface area contributed by atoms with Crippen molar-refractivity contribution >= 4 is 17.8 Å². The van der Waals surface area contributed by atoms with Crippen LogP contribution in [0.25, 0.3) is 6.08 Å². The van der Waals surface area contributed by atoms with Gasteiger partial charge < -0.3 is 5.11 Å². The Morgan fingerprint density at radius 2 is 1.79 bits per heavy atom. The highest BCUT2D eigenvalue weighted by atomic mass is 16.4. The van der Waals surface area contributed by atoms with Gasteiger partial charge >= 0.3 is 5.97 Å². The van der Waals surface area contributed by atoms with Gasteiger partial charge in [0, 0.05) is 17.3 Å². The number of Topliss-reactive ketones (excluding diaryl/α,β-unsaturated/α-hetero) is 1. The molecule has 29 heavy (non-hydrogen) atoms. The van der Waals surface area contributed by atoms with E-state index in [-0.39, 0.29) is 29.5 Å². The van der Waals surface area contributed by atoms with E-state index in [0.717, 1.165) is 5.56 Å². The van der Waals surface area contributed by atoms with Crippen LogP contribution < -0.4 is 0 Å². The van der Waals surface area contributed by atoms with Crippen molar-refractivity contribution < 1.29 is 14.7 Å². The number of carboxylic acid groups (broad SMARTS) is 1. The van der Waals surface area contributed by atoms with E-state index in [4.69, 9.17) is 0 Å². The Labute approximate surface area is 174 Å². The number of allylic oxidation sites excluding steroid dienone is 3. The normalized spacial score (nSPS) is 36.9. The van der Waals surface area contributed by atoms with Gasteiger partial charge in [-0.2, -0.15) is 0 Å². The first kappa shape index (κ1) is 21.5. The van der Waals surface area contributed by atoms with Gasteiger partial charge in [0.05, 0.1) is 5.41 Å². The molecule has 0 aliphatic heterocycles. The van der Waals surface area contributed by atoms with Crippen LogP contribution in [-0.4, -0.2) is 16.9 Å². The summed E-state index contributed by atoms with van der Waals surface area (Å²) in [6, 6.07) is 10.0. The number of fused-ring (bicyclic) bond motifs is 1. The maximum Gasteiger partial charge on any atom is 0.311 e. The van der Waals surface area contributed by atoms with Gasteiger partial charge in [-0.1, -0.05) is 81.8 Å². The number of carbonyl (C=O) groups excluding carboxylic acids is 1. The molecule has 2 aliphatic rings. The lowest BCUT2D eigenvalue weighted by molar-refractivity contribution is -0.165. The van der Waals surface area contributed by atoms with Crippen LogP contribution in [0.2, 0.25) is 0 Å². The Bertz CT molecular complexity index is 837. The minimum Gasteiger partial charge on any atom is -0.481 e. The van der Waals surface area contributed by atoms with E-state index >= 15 is 0 Å². The molecule has 1 N–H and O–H groups in total. The van der Waals surface area contributed by atoms with E-state index < -0.39 is 16.8 Å². The van der Waals surface area contributed by atoms with Crippen molar-refractivity contribution in [3.05, 3.63) is 53.6 Å². The molecule has 6 atom stereocenters. The fourth-order valence-corrected chi connectivity index (χ4v) is 6.58. The third-order valence-corrected chi connectivity index (χ3v) is 7.92. The average Bonchev–Trinajstić information content (AvgIpc) is 2.98. The van der Waals surface area contributed by atoms with Gasteiger partial charge in [-0.05, 0) is 43.6 Å². The second kappa shape index (κ2) is 7.93. The zero-order valence-electron chi connectivity index (χ0n) is 18.3. The van der Waals surface area contributed by atoms with Gasteiger partial charge in [-0.3, -0.25) is 9.59 Å². The first-order valence-corrected chi connectivity index (χ1v) is 11.0. The van der Waals surface area contributed by atoms with Gasteiger partial charge in [-0.25, -0.2) is 0 Å². The maximum absolute atomic E-state index is 13.1. The van der Waals surface area contributed by atoms with E-state index in [1.54, 1.807) is 0 Å². The van der Waals surface area contributed by atoms with Gasteiger partial charge in [-0.15, -0.1) is 0 Å². The summed E-state index contributed by atoms with van der Waals surface area (Å²) in [5.41, 5.74) is 0.633. The molecule has 1 fully saturated rings. The zero-order chi connectivity index (χ0) is 21.4. The molecule has 1 saturated carbocycles. The molecule has 1 aromatic rings. The van der Waals surface area contributed by atoms with Crippen molar-refractivity contribution in [2.75, 3.05) is 0 Å². The number of rotatable bonds is 6. The van der Waals surface area contributed by atoms with Crippen molar-refractivity contribution in [3.63, 3.8) is 0 Å². The van der Waals surface area contributed by atoms with Crippen molar-refractivity contribution in [3.8, 4) is 0 Å². The van der Waals surface area contributed by atoms with Crippen LogP contribution >= 0.6 is 0 Å². The Morgan fingerprint density at radius 3 is 2.31 bits per heavy atom. The molecule has 1 aromatic carbocycles. The first-order valence-electron chi connectivity index (χ1n) is 11.0. The lowest BCUT2D eigenvalue weighted by Gasteiger charge is -2.54. The fourth-order valence-electron chi connectivity index (χ4n) is 6.58. The predicted molar refractivity (Wildman–Crippen MR) is 117 cm³/mol. The van der Waals surface area contributed by atoms with Crippen LogP contribution in [0, 0.1) is 34.5 Å². The lowest BCUT2D eigenvalue weighted by atomic mass is 9.47. The highest BCUT2D eigenvalue weighted by Gasteiger charge is 2.67. The summed E-state index contributed by atoms with van der Waals surface area (Å²) in [6.07, 6.45) is 8.26. The van der Waals surface area contributed by atoms with E-state index in [0.29, 0.717) is 19.3 Å². The van der Waals surface area contributed by atoms with Gasteiger partial charge in [0.1, 0.15) is 5.78 Å². The number of benzene rings is 1. The van der Waals surface area contributed by atoms with E-state index in [9.17, 15) is 14.7 Å². The van der Waals surface area contributed by atoms with Crippen LogP contribution in [0.3, 0.4) is 0 Å². The van der Waals surface area contributed by atoms with Crippen molar-refractivity contribution in [2.24, 2.45) is 34.5 Å². The third kappa shape index (κ3) is 3.01. The van der Waals surface area contributed by atoms with Gasteiger partial charge in [0.2, 0.25) is 0 Å². The predicted octanol–water partition coefficient (Wildman–Crippen LogP) is 6.01. The average molecular weight is 395 g/mol.